The molecule has 0 spiro atoms. The molecule has 2 aromatic rings. The van der Waals surface area contributed by atoms with Crippen LogP contribution in [0.3, 0.4) is 0 Å². The minimum absolute atomic E-state index is 0.177. The van der Waals surface area contributed by atoms with Crippen molar-refractivity contribution in [2.45, 2.75) is 11.3 Å². The Morgan fingerprint density at radius 3 is 2.41 bits per heavy atom. The van der Waals surface area contributed by atoms with Crippen LogP contribution in [0, 0.1) is 0 Å². The van der Waals surface area contributed by atoms with Gasteiger partial charge in [0.1, 0.15) is 5.75 Å². The van der Waals surface area contributed by atoms with Crippen LogP contribution in [0.4, 0.5) is 18.9 Å². The van der Waals surface area contributed by atoms with E-state index in [1.807, 2.05) is 5.41 Å². The van der Waals surface area contributed by atoms with Crippen molar-refractivity contribution in [1.29, 1.82) is 0 Å². The fourth-order valence-corrected chi connectivity index (χ4v) is 4.91. The summed E-state index contributed by atoms with van der Waals surface area (Å²) < 4.78 is 67.7. The van der Waals surface area contributed by atoms with E-state index >= 15 is 0 Å². The number of thioether (sulfide) groups is 1. The summed E-state index contributed by atoms with van der Waals surface area (Å²) >= 11 is 1.55. The number of halogens is 3. The highest BCUT2D eigenvalue weighted by atomic mass is 32.2. The number of hydrogen-bond acceptors (Lipinski definition) is 6. The largest absolute Gasteiger partial charge is 0.573 e. The first-order valence-corrected chi connectivity index (χ1v) is 10.8. The number of aliphatic imine (C=N–C) groups is 1. The molecule has 2 aliphatic rings. The van der Waals surface area contributed by atoms with Crippen molar-refractivity contribution in [2.75, 3.05) is 17.8 Å². The Labute approximate surface area is 169 Å². The van der Waals surface area contributed by atoms with Crippen molar-refractivity contribution >= 4 is 38.3 Å². The molecule has 2 aliphatic heterocycles. The standard InChI is InChI=1S/C18H14F3N3O3S2/c19-18(20,21)27-14-5-7-15(8-6-14)29(25,26)23-13-3-1-12(2-4-13)16-11-28-17-22-9-10-24(16)17/h1-8,11,23H,9-10H2. The van der Waals surface area contributed by atoms with Gasteiger partial charge in [-0.25, -0.2) is 8.42 Å². The van der Waals surface area contributed by atoms with Gasteiger partial charge in [0, 0.05) is 17.6 Å². The quantitative estimate of drug-likeness (QED) is 0.757. The number of nitrogens with one attached hydrogen (secondary N) is 1. The van der Waals surface area contributed by atoms with Gasteiger partial charge in [-0.05, 0) is 42.0 Å². The van der Waals surface area contributed by atoms with E-state index in [0.29, 0.717) is 5.69 Å². The Morgan fingerprint density at radius 2 is 1.76 bits per heavy atom. The Bertz CT molecular complexity index is 1080. The molecule has 0 saturated heterocycles. The minimum Gasteiger partial charge on any atom is -0.406 e. The van der Waals surface area contributed by atoms with Gasteiger partial charge in [0.2, 0.25) is 0 Å². The van der Waals surface area contributed by atoms with Crippen LogP contribution >= 0.6 is 11.8 Å². The maximum atomic E-state index is 12.5. The molecule has 11 heteroatoms. The molecule has 6 nitrogen and oxygen atoms in total. The normalized spacial score (nSPS) is 16.3. The molecule has 0 unspecified atom stereocenters. The van der Waals surface area contributed by atoms with E-state index in [1.165, 1.54) is 0 Å². The summed E-state index contributed by atoms with van der Waals surface area (Å²) in [6.45, 7) is 1.57. The highest BCUT2D eigenvalue weighted by molar-refractivity contribution is 8.16. The summed E-state index contributed by atoms with van der Waals surface area (Å²) in [6.07, 6.45) is -4.84. The van der Waals surface area contributed by atoms with Gasteiger partial charge in [-0.2, -0.15) is 0 Å². The van der Waals surface area contributed by atoms with Crippen LogP contribution in [0.15, 0.2) is 63.8 Å². The lowest BCUT2D eigenvalue weighted by Gasteiger charge is -2.17. The SMILES string of the molecule is O=S(=O)(Nc1ccc(C2=CSC3=NCCN23)cc1)c1ccc(OC(F)(F)F)cc1. The molecule has 4 rings (SSSR count). The number of fused-ring (bicyclic) bond motifs is 1. The van der Waals surface area contributed by atoms with E-state index in [9.17, 15) is 21.6 Å². The molecular formula is C18H14F3N3O3S2. The maximum absolute atomic E-state index is 12.5. The monoisotopic (exact) mass is 441 g/mol. The van der Waals surface area contributed by atoms with Crippen molar-refractivity contribution < 1.29 is 26.3 Å². The molecule has 29 heavy (non-hydrogen) atoms. The fraction of sp³-hybridized carbons (Fsp3) is 0.167. The molecule has 0 aliphatic carbocycles. The molecule has 0 radical (unpaired) electrons. The fourth-order valence-electron chi connectivity index (χ4n) is 2.89. The van der Waals surface area contributed by atoms with Crippen molar-refractivity contribution in [2.24, 2.45) is 4.99 Å². The molecule has 0 saturated carbocycles. The number of nitrogens with zero attached hydrogens (tertiary/aromatic N) is 2. The predicted octanol–water partition coefficient (Wildman–Crippen LogP) is 4.10. The first-order valence-electron chi connectivity index (χ1n) is 8.39. The van der Waals surface area contributed by atoms with E-state index in [4.69, 9.17) is 0 Å². The third kappa shape index (κ3) is 4.35. The molecule has 0 atom stereocenters. The number of anilines is 1. The summed E-state index contributed by atoms with van der Waals surface area (Å²) in [7, 11) is -3.95. The van der Waals surface area contributed by atoms with Gasteiger partial charge in [0.05, 0.1) is 17.1 Å². The lowest BCUT2D eigenvalue weighted by Crippen LogP contribution is -2.19. The number of amidine groups is 1. The molecule has 152 valence electrons. The third-order valence-electron chi connectivity index (χ3n) is 4.17. The van der Waals surface area contributed by atoms with Crippen molar-refractivity contribution in [3.8, 4) is 5.75 Å². The number of alkyl halides is 3. The number of ether oxygens (including phenoxy) is 1. The second kappa shape index (κ2) is 7.30. The van der Waals surface area contributed by atoms with Gasteiger partial charge in [0.25, 0.3) is 10.0 Å². The Kier molecular flexibility index (Phi) is 4.95. The Balaban J connectivity index is 1.46. The molecule has 0 bridgehead atoms. The highest BCUT2D eigenvalue weighted by Gasteiger charge is 2.31. The van der Waals surface area contributed by atoms with E-state index in [2.05, 4.69) is 19.4 Å². The second-order valence-electron chi connectivity index (χ2n) is 6.14. The zero-order valence-corrected chi connectivity index (χ0v) is 16.3. The summed E-state index contributed by atoms with van der Waals surface area (Å²) in [5.41, 5.74) is 2.29. The van der Waals surface area contributed by atoms with Gasteiger partial charge in [-0.15, -0.1) is 13.2 Å². The smallest absolute Gasteiger partial charge is 0.406 e. The van der Waals surface area contributed by atoms with E-state index in [-0.39, 0.29) is 4.90 Å². The molecule has 0 aromatic heterocycles. The Morgan fingerprint density at radius 1 is 1.07 bits per heavy atom. The number of sulfonamides is 1. The summed E-state index contributed by atoms with van der Waals surface area (Å²) in [5.74, 6) is -0.492. The van der Waals surface area contributed by atoms with Crippen molar-refractivity contribution in [1.82, 2.24) is 4.90 Å². The molecule has 2 aromatic carbocycles. The molecule has 1 N–H and O–H groups in total. The van der Waals surface area contributed by atoms with E-state index < -0.39 is 22.1 Å². The topological polar surface area (TPSA) is 71.0 Å². The van der Waals surface area contributed by atoms with Gasteiger partial charge in [-0.1, -0.05) is 23.9 Å². The van der Waals surface area contributed by atoms with Crippen LogP contribution in [0.25, 0.3) is 5.70 Å². The average Bonchev–Trinajstić information content (AvgIpc) is 3.25. The average molecular weight is 441 g/mol. The minimum atomic E-state index is -4.84. The number of rotatable bonds is 5. The third-order valence-corrected chi connectivity index (χ3v) is 6.47. The second-order valence-corrected chi connectivity index (χ2v) is 8.66. The summed E-state index contributed by atoms with van der Waals surface area (Å²) in [5, 5.41) is 2.96. The van der Waals surface area contributed by atoms with Gasteiger partial charge < -0.3 is 9.64 Å². The van der Waals surface area contributed by atoms with Crippen LogP contribution in [-0.4, -0.2) is 37.9 Å². The lowest BCUT2D eigenvalue weighted by molar-refractivity contribution is -0.274. The van der Waals surface area contributed by atoms with Gasteiger partial charge in [-0.3, -0.25) is 9.71 Å². The molecular weight excluding hydrogens is 427 g/mol. The Hall–Kier alpha value is -2.66. The van der Waals surface area contributed by atoms with Gasteiger partial charge in [0.15, 0.2) is 5.17 Å². The molecule has 0 amide bonds. The van der Waals surface area contributed by atoms with Crippen LogP contribution < -0.4 is 9.46 Å². The number of hydrogen-bond donors (Lipinski definition) is 1. The zero-order valence-electron chi connectivity index (χ0n) is 14.7. The predicted molar refractivity (Wildman–Crippen MR) is 105 cm³/mol. The van der Waals surface area contributed by atoms with Gasteiger partial charge >= 0.3 is 6.36 Å². The summed E-state index contributed by atoms with van der Waals surface area (Å²) in [4.78, 5) is 6.32. The number of benzene rings is 2. The van der Waals surface area contributed by atoms with Crippen molar-refractivity contribution in [3.63, 3.8) is 0 Å². The summed E-state index contributed by atoms with van der Waals surface area (Å²) in [6, 6.07) is 10.8. The first kappa shape index (κ1) is 19.6. The maximum Gasteiger partial charge on any atom is 0.573 e. The first-order chi connectivity index (χ1) is 13.7. The highest BCUT2D eigenvalue weighted by Crippen LogP contribution is 2.35. The molecule has 2 heterocycles. The van der Waals surface area contributed by atoms with Crippen LogP contribution in [0.5, 0.6) is 5.75 Å². The van der Waals surface area contributed by atoms with Crippen LogP contribution in [0.1, 0.15) is 5.56 Å². The van der Waals surface area contributed by atoms with E-state index in [0.717, 1.165) is 53.8 Å². The lowest BCUT2D eigenvalue weighted by atomic mass is 10.1. The van der Waals surface area contributed by atoms with Crippen LogP contribution in [0.2, 0.25) is 0 Å². The van der Waals surface area contributed by atoms with Crippen molar-refractivity contribution in [3.05, 3.63) is 59.5 Å². The van der Waals surface area contributed by atoms with Crippen LogP contribution in [-0.2, 0) is 10.0 Å². The van der Waals surface area contributed by atoms with E-state index in [1.54, 1.807) is 36.0 Å². The zero-order chi connectivity index (χ0) is 20.6. The molecule has 0 fully saturated rings.